The minimum atomic E-state index is -0.740. The van der Waals surface area contributed by atoms with Crippen LogP contribution in [0.25, 0.3) is 6.08 Å². The number of rotatable bonds is 7. The van der Waals surface area contributed by atoms with E-state index >= 15 is 0 Å². The normalized spacial score (nSPS) is 15.9. The quantitative estimate of drug-likeness (QED) is 0.441. The van der Waals surface area contributed by atoms with Crippen LogP contribution in [0.2, 0.25) is 0 Å². The number of hydrogen-bond donors (Lipinski definition) is 1. The van der Waals surface area contributed by atoms with Crippen molar-refractivity contribution >= 4 is 50.7 Å². The fourth-order valence-corrected chi connectivity index (χ4v) is 4.39. The fourth-order valence-electron chi connectivity index (χ4n) is 2.85. The maximum absolute atomic E-state index is 13.3. The molecule has 0 saturated carbocycles. The van der Waals surface area contributed by atoms with E-state index in [0.29, 0.717) is 26.3 Å². The van der Waals surface area contributed by atoms with E-state index in [0.717, 1.165) is 11.8 Å². The third-order valence-corrected chi connectivity index (χ3v) is 6.08. The molecule has 1 aliphatic heterocycles. The zero-order chi connectivity index (χ0) is 24.0. The van der Waals surface area contributed by atoms with Gasteiger partial charge in [0.1, 0.15) is 34.5 Å². The number of hydrogen-bond acceptors (Lipinski definition) is 6. The average molecular weight is 534 g/mol. The molecule has 0 bridgehead atoms. The van der Waals surface area contributed by atoms with E-state index in [1.807, 2.05) is 0 Å². The summed E-state index contributed by atoms with van der Waals surface area (Å²) in [7, 11) is 0. The lowest BCUT2D eigenvalue weighted by atomic mass is 10.1. The van der Waals surface area contributed by atoms with Crippen molar-refractivity contribution in [2.24, 2.45) is 4.99 Å². The number of ether oxygens (including phenoxy) is 2. The number of carbonyl (C=O) groups is 2. The molecular weight excluding hydrogens is 513 g/mol. The summed E-state index contributed by atoms with van der Waals surface area (Å²) in [6.07, 6.45) is 1.84. The minimum Gasteiger partial charge on any atom is -0.506 e. The Bertz CT molecular complexity index is 1180. The molecule has 9 heteroatoms. The van der Waals surface area contributed by atoms with Crippen molar-refractivity contribution in [3.8, 4) is 5.75 Å². The number of thioether (sulfide) groups is 1. The van der Waals surface area contributed by atoms with Crippen LogP contribution in [0.4, 0.5) is 4.39 Å². The van der Waals surface area contributed by atoms with Gasteiger partial charge in [0.05, 0.1) is 16.0 Å². The van der Waals surface area contributed by atoms with Gasteiger partial charge in [-0.2, -0.15) is 0 Å². The first kappa shape index (κ1) is 24.7. The molecule has 0 fully saturated rings. The molecule has 1 N–H and O–H groups in total. The SMILES string of the molecule is CCOC(=O)C1=C(O)/C(=C/c2ccc(OCc3cccc(F)c3)c(Br)c2)SC1=NC(=O)CC. The van der Waals surface area contributed by atoms with Gasteiger partial charge < -0.3 is 14.6 Å². The van der Waals surface area contributed by atoms with Crippen molar-refractivity contribution in [3.05, 3.63) is 80.1 Å². The Hall–Kier alpha value is -2.91. The smallest absolute Gasteiger partial charge is 0.344 e. The van der Waals surface area contributed by atoms with Gasteiger partial charge in [-0.3, -0.25) is 4.79 Å². The van der Waals surface area contributed by atoms with Crippen molar-refractivity contribution in [1.29, 1.82) is 0 Å². The van der Waals surface area contributed by atoms with Crippen LogP contribution in [0.5, 0.6) is 5.75 Å². The molecule has 0 unspecified atom stereocenters. The predicted molar refractivity (Wildman–Crippen MR) is 129 cm³/mol. The van der Waals surface area contributed by atoms with Gasteiger partial charge in [-0.25, -0.2) is 14.2 Å². The second kappa shape index (κ2) is 11.3. The van der Waals surface area contributed by atoms with Gasteiger partial charge in [-0.05, 0) is 64.3 Å². The number of aliphatic hydroxyl groups is 1. The number of esters is 1. The largest absolute Gasteiger partial charge is 0.506 e. The van der Waals surface area contributed by atoms with E-state index in [1.54, 1.807) is 50.3 Å². The van der Waals surface area contributed by atoms with Gasteiger partial charge in [0, 0.05) is 6.42 Å². The molecule has 0 aliphatic carbocycles. The molecule has 1 heterocycles. The first-order valence-corrected chi connectivity index (χ1v) is 11.7. The van der Waals surface area contributed by atoms with Gasteiger partial charge in [0.15, 0.2) is 0 Å². The lowest BCUT2D eigenvalue weighted by molar-refractivity contribution is -0.138. The summed E-state index contributed by atoms with van der Waals surface area (Å²) >= 11 is 4.48. The van der Waals surface area contributed by atoms with Crippen LogP contribution in [-0.2, 0) is 20.9 Å². The Labute approximate surface area is 203 Å². The predicted octanol–water partition coefficient (Wildman–Crippen LogP) is 5.97. The summed E-state index contributed by atoms with van der Waals surface area (Å²) in [6.45, 7) is 3.63. The Kier molecular flexibility index (Phi) is 8.46. The molecule has 1 amide bonds. The van der Waals surface area contributed by atoms with Gasteiger partial charge in [0.2, 0.25) is 5.91 Å². The van der Waals surface area contributed by atoms with Crippen LogP contribution in [0.15, 0.2) is 68.2 Å². The Morgan fingerprint density at radius 2 is 2.00 bits per heavy atom. The van der Waals surface area contributed by atoms with Crippen molar-refractivity contribution in [3.63, 3.8) is 0 Å². The molecule has 172 valence electrons. The summed E-state index contributed by atoms with van der Waals surface area (Å²) < 4.78 is 24.8. The fraction of sp³-hybridized carbons (Fsp3) is 0.208. The Morgan fingerprint density at radius 1 is 1.21 bits per heavy atom. The molecule has 2 aromatic carbocycles. The summed E-state index contributed by atoms with van der Waals surface area (Å²) in [5.74, 6) is -1.21. The maximum atomic E-state index is 13.3. The molecule has 1 aliphatic rings. The molecule has 0 aromatic heterocycles. The molecule has 3 rings (SSSR count). The van der Waals surface area contributed by atoms with E-state index in [1.165, 1.54) is 12.1 Å². The average Bonchev–Trinajstić information content (AvgIpc) is 3.07. The Balaban J connectivity index is 1.84. The number of benzene rings is 2. The van der Waals surface area contributed by atoms with E-state index in [9.17, 15) is 19.1 Å². The van der Waals surface area contributed by atoms with E-state index < -0.39 is 11.9 Å². The minimum absolute atomic E-state index is 0.109. The lowest BCUT2D eigenvalue weighted by Gasteiger charge is -2.09. The highest BCUT2D eigenvalue weighted by molar-refractivity contribution is 9.10. The number of carbonyl (C=O) groups excluding carboxylic acids is 2. The van der Waals surface area contributed by atoms with E-state index in [2.05, 4.69) is 20.9 Å². The van der Waals surface area contributed by atoms with Crippen LogP contribution >= 0.6 is 27.7 Å². The van der Waals surface area contributed by atoms with Crippen molar-refractivity contribution in [1.82, 2.24) is 0 Å². The summed E-state index contributed by atoms with van der Waals surface area (Å²) in [6, 6.07) is 11.4. The van der Waals surface area contributed by atoms with Crippen LogP contribution in [0.3, 0.4) is 0 Å². The number of amides is 1. The van der Waals surface area contributed by atoms with Crippen LogP contribution in [-0.4, -0.2) is 28.6 Å². The highest BCUT2D eigenvalue weighted by atomic mass is 79.9. The molecule has 0 saturated heterocycles. The molecule has 0 spiro atoms. The van der Waals surface area contributed by atoms with Crippen molar-refractivity contribution < 1.29 is 28.6 Å². The highest BCUT2D eigenvalue weighted by Crippen LogP contribution is 2.40. The molecule has 0 radical (unpaired) electrons. The summed E-state index contributed by atoms with van der Waals surface area (Å²) in [5.41, 5.74) is 1.29. The summed E-state index contributed by atoms with van der Waals surface area (Å²) in [5, 5.41) is 10.8. The van der Waals surface area contributed by atoms with Crippen molar-refractivity contribution in [2.75, 3.05) is 6.61 Å². The summed E-state index contributed by atoms with van der Waals surface area (Å²) in [4.78, 5) is 28.4. The van der Waals surface area contributed by atoms with Gasteiger partial charge in [-0.15, -0.1) is 0 Å². The maximum Gasteiger partial charge on any atom is 0.344 e. The van der Waals surface area contributed by atoms with Gasteiger partial charge in [-0.1, -0.05) is 36.9 Å². The second-order valence-electron chi connectivity index (χ2n) is 6.83. The first-order chi connectivity index (χ1) is 15.8. The van der Waals surface area contributed by atoms with Crippen LogP contribution in [0, 0.1) is 5.82 Å². The number of aliphatic hydroxyl groups excluding tert-OH is 1. The molecule has 0 atom stereocenters. The topological polar surface area (TPSA) is 85.2 Å². The van der Waals surface area contributed by atoms with Gasteiger partial charge >= 0.3 is 5.97 Å². The second-order valence-corrected chi connectivity index (χ2v) is 8.71. The zero-order valence-corrected chi connectivity index (χ0v) is 20.3. The lowest BCUT2D eigenvalue weighted by Crippen LogP contribution is -2.14. The molecule has 33 heavy (non-hydrogen) atoms. The van der Waals surface area contributed by atoms with E-state index in [-0.39, 0.29) is 41.8 Å². The third kappa shape index (κ3) is 6.33. The number of halogens is 2. The van der Waals surface area contributed by atoms with Crippen LogP contribution < -0.4 is 4.74 Å². The van der Waals surface area contributed by atoms with Crippen molar-refractivity contribution in [2.45, 2.75) is 26.9 Å². The zero-order valence-electron chi connectivity index (χ0n) is 17.9. The van der Waals surface area contributed by atoms with E-state index in [4.69, 9.17) is 9.47 Å². The first-order valence-electron chi connectivity index (χ1n) is 10.1. The number of nitrogens with zero attached hydrogens (tertiary/aromatic N) is 1. The van der Waals surface area contributed by atoms with Gasteiger partial charge in [0.25, 0.3) is 0 Å². The highest BCUT2D eigenvalue weighted by Gasteiger charge is 2.33. The van der Waals surface area contributed by atoms with Crippen LogP contribution in [0.1, 0.15) is 31.4 Å². The monoisotopic (exact) mass is 533 g/mol. The molecular formula is C24H21BrFNO5S. The molecule has 2 aromatic rings. The number of aliphatic imine (C=N–C) groups is 1. The molecule has 6 nitrogen and oxygen atoms in total. The third-order valence-electron chi connectivity index (χ3n) is 4.44. The Morgan fingerprint density at radius 3 is 2.67 bits per heavy atom. The standard InChI is InChI=1S/C24H21BrFNO5S/c1-3-20(28)27-23-21(24(30)31-4-2)22(29)19(33-23)12-14-8-9-18(17(25)11-14)32-13-15-6-5-7-16(26)10-15/h5-12,29H,3-4,13H2,1-2H3/b19-12-,27-23?.